The molecule has 852 valence electrons. The van der Waals surface area contributed by atoms with Crippen LogP contribution in [0.25, 0.3) is 0 Å². The van der Waals surface area contributed by atoms with Crippen molar-refractivity contribution in [2.45, 2.75) is 424 Å². The summed E-state index contributed by atoms with van der Waals surface area (Å²) in [5, 5.41) is 0. The molecule has 0 spiro atoms. The Morgan fingerprint density at radius 2 is 0.317 bits per heavy atom. The predicted octanol–water partition coefficient (Wildman–Crippen LogP) is 26.9. The Morgan fingerprint density at radius 1 is 0.183 bits per heavy atom. The highest BCUT2D eigenvalue weighted by molar-refractivity contribution is 8.01. The van der Waals surface area contributed by atoms with E-state index in [0.717, 1.165) is 222 Å². The maximum absolute atomic E-state index is 13.4. The predicted molar refractivity (Wildman–Crippen MR) is 644 cm³/mol. The average molecular weight is 2440 g/mol. The van der Waals surface area contributed by atoms with Crippen molar-refractivity contribution in [3.63, 3.8) is 0 Å². The van der Waals surface area contributed by atoms with E-state index in [-0.39, 0.29) is 52.0 Å². The van der Waals surface area contributed by atoms with Crippen LogP contribution in [0, 0.1) is 0 Å². The van der Waals surface area contributed by atoms with Crippen molar-refractivity contribution in [3.05, 3.63) is 0 Å². The number of esters is 1. The lowest BCUT2D eigenvalue weighted by atomic mass is 10.0. The Labute approximate surface area is 909 Å². The highest BCUT2D eigenvalue weighted by atomic mass is 32.3. The molecule has 0 aromatic heterocycles. The molecule has 8 N–H and O–H groups in total. The van der Waals surface area contributed by atoms with Gasteiger partial charge in [0.05, 0.1) is 109 Å². The van der Waals surface area contributed by atoms with Crippen LogP contribution in [0.5, 0.6) is 0 Å². The number of thioether (sulfide) groups is 8. The fourth-order valence-corrected chi connectivity index (χ4v) is 63.7. The van der Waals surface area contributed by atoms with Crippen LogP contribution in [0.2, 0.25) is 173 Å². The highest BCUT2D eigenvalue weighted by Crippen LogP contribution is 2.42. The van der Waals surface area contributed by atoms with Gasteiger partial charge in [-0.2, -0.15) is 161 Å². The number of ether oxygens (including phenoxy) is 1. The summed E-state index contributed by atoms with van der Waals surface area (Å²) in [4.78, 5) is 13.4. The summed E-state index contributed by atoms with van der Waals surface area (Å²) in [7, 11) is -46.0. The number of rotatable bonds is 107. The molecule has 0 aliphatic rings. The maximum Gasteiger partial charge on any atom is 0.305 e. The minimum absolute atomic E-state index is 0.104. The van der Waals surface area contributed by atoms with Gasteiger partial charge in [0.15, 0.2) is 0 Å². The van der Waals surface area contributed by atoms with Gasteiger partial charge in [0.25, 0.3) is 80.9 Å². The third-order valence-corrected chi connectivity index (χ3v) is 76.8. The molecule has 0 fully saturated rings. The summed E-state index contributed by atoms with van der Waals surface area (Å²) in [5.41, 5.74) is 0. The molecule has 0 aliphatic carbocycles. The van der Waals surface area contributed by atoms with Crippen LogP contribution >= 0.6 is 94.1 Å². The van der Waals surface area contributed by atoms with Crippen LogP contribution < -0.4 is 0 Å². The van der Waals surface area contributed by atoms with Gasteiger partial charge < -0.3 is 4.74 Å². The molecule has 0 atom stereocenters. The van der Waals surface area contributed by atoms with E-state index in [1.54, 1.807) is 94.1 Å². The van der Waals surface area contributed by atoms with Crippen LogP contribution in [0.1, 0.15) is 251 Å². The highest BCUT2D eigenvalue weighted by Gasteiger charge is 2.38. The van der Waals surface area contributed by atoms with E-state index >= 15 is 0 Å². The van der Waals surface area contributed by atoms with E-state index in [1.165, 1.54) is 137 Å². The van der Waals surface area contributed by atoms with Crippen molar-refractivity contribution in [3.8, 4) is 0 Å². The zero-order valence-corrected chi connectivity index (χ0v) is 109. The van der Waals surface area contributed by atoms with Gasteiger partial charge in [-0.05, 0) is 208 Å². The molecule has 0 amide bonds. The second-order valence-electron chi connectivity index (χ2n) is 43.3. The minimum atomic E-state index is -4.05. The lowest BCUT2D eigenvalue weighted by Crippen LogP contribution is -2.37. The van der Waals surface area contributed by atoms with E-state index < -0.39 is 137 Å². The van der Waals surface area contributed by atoms with Gasteiger partial charge in [-0.15, -0.1) is 0 Å². The van der Waals surface area contributed by atoms with Crippen molar-refractivity contribution in [2.75, 3.05) is 145 Å². The van der Waals surface area contributed by atoms with Gasteiger partial charge in [0, 0.05) is 6.42 Å². The zero-order valence-electron chi connectivity index (χ0n) is 88.9. The number of unbranched alkanes of at least 4 members (excludes halogenated alkanes) is 13. The van der Waals surface area contributed by atoms with Crippen molar-refractivity contribution >= 4 is 238 Å². The van der Waals surface area contributed by atoms with Gasteiger partial charge in [0.1, 0.15) is 0 Å². The van der Waals surface area contributed by atoms with E-state index in [9.17, 15) is 109 Å². The van der Waals surface area contributed by atoms with E-state index in [2.05, 4.69) is 52.8 Å². The second kappa shape index (κ2) is 82.5. The Balaban J connectivity index is 8.21. The first-order valence-corrected chi connectivity index (χ1v) is 97.7. The SMILES string of the molecule is CCCCCCCCCCCCCCCC(=O)OCCCC[Si](C)(CCC[Si](C)(CCC[Si](C)(CCCSCCCS(=O)(=O)O)CCCSCCCS(=O)(=O)O)CCC[Si](C)(CCCSCCCS(=O)(=O)O)CCCSCCCS(=O)(=O)O)CCC[Si](C)(CCC[Si](C)(CCCSCCCS(=O)(=O)O)CCCSCCCS(=O)(=O)O)CCC[Si](C)(CCCSCCCS(=O)(=O)O)CCCSCCCS(=O)(=O)O. The topological polar surface area (TPSA) is 461 Å². The summed E-state index contributed by atoms with van der Waals surface area (Å²) in [6.45, 7) is 21.0. The summed E-state index contributed by atoms with van der Waals surface area (Å²) in [5.74, 6) is 10.2. The second-order valence-corrected chi connectivity index (χ2v) is 102. The average Bonchev–Trinajstić information content (AvgIpc) is 0.854. The van der Waals surface area contributed by atoms with Crippen molar-refractivity contribution in [2.24, 2.45) is 0 Å². The molecule has 49 heteroatoms. The van der Waals surface area contributed by atoms with Crippen LogP contribution in [0.15, 0.2) is 0 Å². The standard InChI is InChI=1S/C93H200O26S16Si7/c1-9-10-11-12-13-14-15-16-17-18-19-20-21-46-93(94)119-47-22-23-72-136(2,81-40-87-141(7,89-42-83-137(3,73-32-56-120-48-24-64-128(95,96)97)74-33-57-121-49-25-65-129(98,99)100)90-43-84-138(4,75-34-58-122-50-26-66-130(101,102)103)76-35-59-123-51-27-67-131(104,105)106)82-41-88-142(8,91-44-85-139(5,77-36-60-124-52-28-68-132(107,108)109)78-37-61-125-53-29-69-133(110,111)112)92-45-86-140(6,79-38-62-126-54-30-70-134(113,114)115)80-39-63-127-55-31-71-135(116,117)118/h9-92H2,1-8H3,(H,95,96,97)(H,98,99,100)(H,101,102,103)(H,104,105,106)(H,107,108,109)(H,110,111,112)(H,113,114,115)(H,116,117,118). The summed E-state index contributed by atoms with van der Waals surface area (Å²) >= 11 is 13.9. The summed E-state index contributed by atoms with van der Waals surface area (Å²) < 4.78 is 267. The first kappa shape index (κ1) is 145. The third-order valence-electron chi connectivity index (χ3n) is 28.4. The largest absolute Gasteiger partial charge is 0.466 e. The molecule has 0 bridgehead atoms. The van der Waals surface area contributed by atoms with Gasteiger partial charge in [-0.1, -0.05) is 302 Å². The minimum Gasteiger partial charge on any atom is -0.466 e. The van der Waals surface area contributed by atoms with Crippen molar-refractivity contribution in [1.82, 2.24) is 0 Å². The molecule has 0 saturated carbocycles. The van der Waals surface area contributed by atoms with Crippen LogP contribution in [0.4, 0.5) is 0 Å². The number of carbonyl (C=O) groups excluding carboxylic acids is 1. The van der Waals surface area contributed by atoms with E-state index in [4.69, 9.17) is 4.74 Å². The molecule has 0 unspecified atom stereocenters. The lowest BCUT2D eigenvalue weighted by molar-refractivity contribution is -0.143. The van der Waals surface area contributed by atoms with Gasteiger partial charge >= 0.3 is 5.97 Å². The molecule has 0 saturated heterocycles. The molecule has 0 radical (unpaired) electrons. The maximum atomic E-state index is 13.4. The lowest BCUT2D eigenvalue weighted by Gasteiger charge is -2.36. The molecule has 0 aromatic rings. The monoisotopic (exact) mass is 2440 g/mol. The normalized spacial score (nSPS) is 13.6. The molecular formula is C93H200O26S16Si7. The Bertz CT molecular complexity index is 3530. The van der Waals surface area contributed by atoms with Gasteiger partial charge in [-0.25, -0.2) is 0 Å². The molecule has 142 heavy (non-hydrogen) atoms. The van der Waals surface area contributed by atoms with Crippen LogP contribution in [-0.2, 0) is 90.5 Å². The first-order chi connectivity index (χ1) is 66.4. The Kier molecular flexibility index (Phi) is 84.3. The van der Waals surface area contributed by atoms with Gasteiger partial charge in [0.2, 0.25) is 0 Å². The summed E-state index contributed by atoms with van der Waals surface area (Å²) in [6.07, 6.45) is 36.4. The smallest absolute Gasteiger partial charge is 0.305 e. The fraction of sp³-hybridized carbons (Fsp3) is 0.989. The fourth-order valence-electron chi connectivity index (χ4n) is 19.8. The summed E-state index contributed by atoms with van der Waals surface area (Å²) in [6, 6.07) is 24.7. The quantitative estimate of drug-likeness (QED) is 0.0121. The van der Waals surface area contributed by atoms with Crippen molar-refractivity contribution in [1.29, 1.82) is 0 Å². The van der Waals surface area contributed by atoms with Gasteiger partial charge in [-0.3, -0.25) is 41.2 Å². The zero-order chi connectivity index (χ0) is 107. The van der Waals surface area contributed by atoms with Crippen LogP contribution in [-0.4, -0.2) is 311 Å². The Morgan fingerprint density at radius 3 is 0.472 bits per heavy atom. The number of hydrogen-bond acceptors (Lipinski definition) is 26. The van der Waals surface area contributed by atoms with E-state index in [1.807, 2.05) is 0 Å². The third kappa shape index (κ3) is 98.7. The number of hydrogen-bond donors (Lipinski definition) is 8. The number of carbonyl (C=O) groups is 1. The Hall–Kier alpha value is 3.07. The molecule has 0 aliphatic heterocycles. The molecule has 0 aromatic carbocycles. The van der Waals surface area contributed by atoms with Crippen LogP contribution in [0.3, 0.4) is 0 Å². The molecule has 26 nitrogen and oxygen atoms in total. The molecule has 0 heterocycles. The molecular weight excluding hydrogens is 2240 g/mol. The van der Waals surface area contributed by atoms with Crippen molar-refractivity contribution < 1.29 is 113 Å². The molecule has 0 rings (SSSR count). The first-order valence-electron chi connectivity index (χ1n) is 53.7. The van der Waals surface area contributed by atoms with E-state index in [0.29, 0.717) is 110 Å².